The summed E-state index contributed by atoms with van der Waals surface area (Å²) in [6.45, 7) is 2.57. The third-order valence-electron chi connectivity index (χ3n) is 8.03. The summed E-state index contributed by atoms with van der Waals surface area (Å²) < 4.78 is 7.97. The van der Waals surface area contributed by atoms with Crippen LogP contribution in [0.1, 0.15) is 30.5 Å². The topological polar surface area (TPSA) is 123 Å². The number of hydrogen-bond donors (Lipinski definition) is 1. The number of anilines is 1. The molecule has 4 aromatic rings. The van der Waals surface area contributed by atoms with Gasteiger partial charge in [0.2, 0.25) is 0 Å². The highest BCUT2D eigenvalue weighted by Gasteiger charge is 2.33. The van der Waals surface area contributed by atoms with E-state index in [4.69, 9.17) is 19.8 Å². The van der Waals surface area contributed by atoms with Gasteiger partial charge in [-0.15, -0.1) is 5.10 Å². The number of hydrogen-bond acceptors (Lipinski definition) is 8. The van der Waals surface area contributed by atoms with Gasteiger partial charge in [-0.2, -0.15) is 10.2 Å². The number of fused-ring (bicyclic) bond motifs is 2. The molecule has 2 aliphatic heterocycles. The number of benzene rings is 2. The van der Waals surface area contributed by atoms with E-state index >= 15 is 0 Å². The second-order valence-electron chi connectivity index (χ2n) is 10.6. The molecule has 2 fully saturated rings. The van der Waals surface area contributed by atoms with Crippen LogP contribution < -0.4 is 9.64 Å². The molecule has 11 nitrogen and oxygen atoms in total. The quantitative estimate of drug-likeness (QED) is 0.376. The summed E-state index contributed by atoms with van der Waals surface area (Å²) in [4.78, 5) is 26.9. The van der Waals surface area contributed by atoms with E-state index < -0.39 is 12.1 Å². The molecule has 1 amide bonds. The molecule has 206 valence electrons. The molecular formula is C29H32N8O3. The van der Waals surface area contributed by atoms with Gasteiger partial charge < -0.3 is 24.5 Å². The van der Waals surface area contributed by atoms with E-state index in [2.05, 4.69) is 48.3 Å². The largest absolute Gasteiger partial charge is 0.465 e. The van der Waals surface area contributed by atoms with Crippen molar-refractivity contribution in [2.75, 3.05) is 44.7 Å². The van der Waals surface area contributed by atoms with Gasteiger partial charge in [-0.05, 0) is 42.8 Å². The van der Waals surface area contributed by atoms with Crippen molar-refractivity contribution < 1.29 is 14.6 Å². The average molecular weight is 541 g/mol. The highest BCUT2D eigenvalue weighted by molar-refractivity contribution is 5.83. The van der Waals surface area contributed by atoms with Crippen LogP contribution in [-0.4, -0.2) is 92.5 Å². The van der Waals surface area contributed by atoms with Crippen molar-refractivity contribution in [1.29, 1.82) is 5.26 Å². The number of nitrogens with zero attached hydrogens (tertiary/aromatic N) is 8. The first-order valence-corrected chi connectivity index (χ1v) is 13.7. The Hall–Kier alpha value is -4.43. The molecule has 0 saturated carbocycles. The minimum Gasteiger partial charge on any atom is -0.465 e. The second-order valence-corrected chi connectivity index (χ2v) is 10.6. The Kier molecular flexibility index (Phi) is 7.09. The molecule has 2 aliphatic rings. The van der Waals surface area contributed by atoms with Gasteiger partial charge in [0.25, 0.3) is 0 Å². The van der Waals surface area contributed by atoms with Gasteiger partial charge in [0.05, 0.1) is 30.4 Å². The molecule has 0 spiro atoms. The molecule has 1 N–H and O–H groups in total. The first kappa shape index (κ1) is 25.8. The van der Waals surface area contributed by atoms with Gasteiger partial charge in [-0.3, -0.25) is 0 Å². The zero-order valence-corrected chi connectivity index (χ0v) is 22.5. The van der Waals surface area contributed by atoms with Crippen molar-refractivity contribution in [1.82, 2.24) is 29.4 Å². The summed E-state index contributed by atoms with van der Waals surface area (Å²) in [5.74, 6) is 0.586. The number of ether oxygens (including phenoxy) is 1. The summed E-state index contributed by atoms with van der Waals surface area (Å²) in [5, 5.41) is 26.1. The first-order valence-electron chi connectivity index (χ1n) is 13.7. The van der Waals surface area contributed by atoms with Crippen molar-refractivity contribution in [2.45, 2.75) is 37.8 Å². The van der Waals surface area contributed by atoms with E-state index in [0.29, 0.717) is 43.6 Å². The smallest absolute Gasteiger partial charge is 0.407 e. The van der Waals surface area contributed by atoms with Crippen LogP contribution in [0.5, 0.6) is 6.01 Å². The molecular weight excluding hydrogens is 508 g/mol. The van der Waals surface area contributed by atoms with Crippen LogP contribution in [0.2, 0.25) is 0 Å². The van der Waals surface area contributed by atoms with E-state index in [0.717, 1.165) is 30.6 Å². The maximum Gasteiger partial charge on any atom is 0.407 e. The zero-order chi connectivity index (χ0) is 27.6. The normalized spacial score (nSPS) is 19.8. The fourth-order valence-electron chi connectivity index (χ4n) is 5.79. The van der Waals surface area contributed by atoms with E-state index in [1.165, 1.54) is 15.7 Å². The average Bonchev–Trinajstić information content (AvgIpc) is 3.56. The number of carbonyl (C=O) groups is 1. The van der Waals surface area contributed by atoms with Crippen molar-refractivity contribution >= 4 is 28.3 Å². The maximum atomic E-state index is 11.8. The number of nitriles is 1. The van der Waals surface area contributed by atoms with Gasteiger partial charge in [-0.1, -0.05) is 42.5 Å². The summed E-state index contributed by atoms with van der Waals surface area (Å²) in [6.07, 6.45) is 3.73. The van der Waals surface area contributed by atoms with Crippen molar-refractivity contribution in [3.05, 3.63) is 59.9 Å². The Morgan fingerprint density at radius 3 is 2.77 bits per heavy atom. The number of likely N-dealkylation sites (tertiary alicyclic amines) is 1. The van der Waals surface area contributed by atoms with Crippen LogP contribution >= 0.6 is 0 Å². The molecule has 4 heterocycles. The Labute approximate surface area is 232 Å². The number of amides is 1. The molecule has 6 rings (SSSR count). The lowest BCUT2D eigenvalue weighted by atomic mass is 10.0. The Balaban J connectivity index is 1.35. The van der Waals surface area contributed by atoms with E-state index in [1.807, 2.05) is 23.2 Å². The number of aromatic nitrogens is 4. The van der Waals surface area contributed by atoms with Gasteiger partial charge in [-0.25, -0.2) is 14.3 Å². The third-order valence-corrected chi connectivity index (χ3v) is 8.03. The van der Waals surface area contributed by atoms with Crippen LogP contribution in [0.3, 0.4) is 0 Å². The lowest BCUT2D eigenvalue weighted by molar-refractivity contribution is 0.119. The zero-order valence-electron chi connectivity index (χ0n) is 22.5. The van der Waals surface area contributed by atoms with Crippen LogP contribution in [-0.2, 0) is 6.42 Å². The Morgan fingerprint density at radius 1 is 1.15 bits per heavy atom. The SMILES string of the molecule is CN1CCC[C@H]1COc1nc(N2CCN(C(=O)O)[C@@H](CC#N)C2)c2ncc(Cc3ccc4ccccc4c3)n2n1. The number of carboxylic acid groups (broad SMARTS) is 1. The Bertz CT molecular complexity index is 1580. The van der Waals surface area contributed by atoms with E-state index in [-0.39, 0.29) is 19.0 Å². The predicted octanol–water partition coefficient (Wildman–Crippen LogP) is 3.42. The molecule has 2 aromatic heterocycles. The predicted molar refractivity (Wildman–Crippen MR) is 150 cm³/mol. The molecule has 0 aliphatic carbocycles. The fourth-order valence-corrected chi connectivity index (χ4v) is 5.79. The molecule has 0 bridgehead atoms. The highest BCUT2D eigenvalue weighted by Crippen LogP contribution is 2.27. The lowest BCUT2D eigenvalue weighted by Gasteiger charge is -2.39. The van der Waals surface area contributed by atoms with Crippen LogP contribution in [0, 0.1) is 11.3 Å². The minimum atomic E-state index is -1.02. The summed E-state index contributed by atoms with van der Waals surface area (Å²) in [7, 11) is 2.10. The van der Waals surface area contributed by atoms with Crippen LogP contribution in [0.25, 0.3) is 16.4 Å². The highest BCUT2D eigenvalue weighted by atomic mass is 16.5. The molecule has 40 heavy (non-hydrogen) atoms. The van der Waals surface area contributed by atoms with Crippen molar-refractivity contribution in [3.63, 3.8) is 0 Å². The van der Waals surface area contributed by atoms with Gasteiger partial charge >= 0.3 is 12.1 Å². The second kappa shape index (κ2) is 11.0. The fraction of sp³-hybridized carbons (Fsp3) is 0.414. The third kappa shape index (κ3) is 5.10. The summed E-state index contributed by atoms with van der Waals surface area (Å²) >= 11 is 0. The Morgan fingerprint density at radius 2 is 2.00 bits per heavy atom. The standard InChI is InChI=1S/C29H32N8O3/c1-34-12-4-7-24(34)19-40-28-32-27(35-13-14-36(29(38)39)23(18-35)10-11-30)26-31-17-25(37(26)33-28)16-20-8-9-21-5-2-3-6-22(21)15-20/h2-3,5-6,8-9,15,17,23-24H,4,7,10,12-14,16,18-19H2,1H3,(H,38,39)/t23-,24-/m0/s1. The van der Waals surface area contributed by atoms with E-state index in [1.54, 1.807) is 4.52 Å². The number of rotatable bonds is 7. The number of imidazole rings is 1. The minimum absolute atomic E-state index is 0.100. The van der Waals surface area contributed by atoms with Crippen LogP contribution in [0.4, 0.5) is 10.6 Å². The van der Waals surface area contributed by atoms with Gasteiger partial charge in [0, 0.05) is 32.1 Å². The summed E-state index contributed by atoms with van der Waals surface area (Å²) in [6, 6.07) is 16.9. The maximum absolute atomic E-state index is 11.8. The van der Waals surface area contributed by atoms with Crippen molar-refractivity contribution in [2.24, 2.45) is 0 Å². The number of piperazine rings is 1. The summed E-state index contributed by atoms with van der Waals surface area (Å²) in [5.41, 5.74) is 2.62. The molecule has 2 aromatic carbocycles. The van der Waals surface area contributed by atoms with Crippen LogP contribution in [0.15, 0.2) is 48.7 Å². The van der Waals surface area contributed by atoms with Gasteiger partial charge in [0.1, 0.15) is 6.61 Å². The molecule has 0 radical (unpaired) electrons. The molecule has 2 atom stereocenters. The first-order chi connectivity index (χ1) is 19.5. The monoisotopic (exact) mass is 540 g/mol. The van der Waals surface area contributed by atoms with Crippen molar-refractivity contribution in [3.8, 4) is 12.1 Å². The lowest BCUT2D eigenvalue weighted by Crippen LogP contribution is -2.55. The number of likely N-dealkylation sites (N-methyl/N-ethyl adjacent to an activating group) is 1. The van der Waals surface area contributed by atoms with E-state index in [9.17, 15) is 15.2 Å². The van der Waals surface area contributed by atoms with Gasteiger partial charge in [0.15, 0.2) is 11.5 Å². The molecule has 2 saturated heterocycles. The molecule has 0 unspecified atom stereocenters. The molecule has 11 heteroatoms.